The maximum atomic E-state index is 13.9. The fourth-order valence-corrected chi connectivity index (χ4v) is 1.62. The highest BCUT2D eigenvalue weighted by atomic mass is 19.1. The lowest BCUT2D eigenvalue weighted by atomic mass is 10.1. The third-order valence-electron chi connectivity index (χ3n) is 2.46. The summed E-state index contributed by atoms with van der Waals surface area (Å²) in [5.41, 5.74) is 1.10. The highest BCUT2D eigenvalue weighted by Crippen LogP contribution is 2.28. The van der Waals surface area contributed by atoms with Gasteiger partial charge in [-0.3, -0.25) is 4.68 Å². The monoisotopic (exact) mass is 236 g/mol. The van der Waals surface area contributed by atoms with E-state index >= 15 is 0 Å². The lowest BCUT2D eigenvalue weighted by Crippen LogP contribution is -2.01. The Kier molecular flexibility index (Phi) is 3.39. The molecule has 0 amide bonds. The summed E-state index contributed by atoms with van der Waals surface area (Å²) in [6.45, 7) is 0.396. The number of aliphatic hydroxyl groups is 1. The van der Waals surface area contributed by atoms with E-state index in [-0.39, 0.29) is 12.4 Å². The van der Waals surface area contributed by atoms with Gasteiger partial charge in [-0.15, -0.1) is 0 Å². The average Bonchev–Trinajstić information content (AvgIpc) is 2.78. The molecule has 0 radical (unpaired) electrons. The summed E-state index contributed by atoms with van der Waals surface area (Å²) >= 11 is 0. The second-order valence-electron chi connectivity index (χ2n) is 3.54. The van der Waals surface area contributed by atoms with E-state index in [1.165, 1.54) is 7.11 Å². The molecule has 0 aliphatic rings. The van der Waals surface area contributed by atoms with Crippen molar-refractivity contribution in [2.24, 2.45) is 0 Å². The molecule has 0 spiro atoms. The summed E-state index contributed by atoms with van der Waals surface area (Å²) in [7, 11) is 1.43. The molecule has 90 valence electrons. The Hall–Kier alpha value is -1.88. The Morgan fingerprint density at radius 1 is 1.47 bits per heavy atom. The van der Waals surface area contributed by atoms with Crippen LogP contribution >= 0.6 is 0 Å². The zero-order valence-electron chi connectivity index (χ0n) is 9.43. The number of halogens is 1. The molecule has 5 heteroatoms. The largest absolute Gasteiger partial charge is 0.494 e. The van der Waals surface area contributed by atoms with Crippen molar-refractivity contribution in [3.63, 3.8) is 0 Å². The molecule has 1 heterocycles. The summed E-state index contributed by atoms with van der Waals surface area (Å²) in [5.74, 6) is -0.198. The first-order valence-corrected chi connectivity index (χ1v) is 5.22. The van der Waals surface area contributed by atoms with Gasteiger partial charge in [-0.1, -0.05) is 12.1 Å². The number of benzene rings is 1. The zero-order valence-corrected chi connectivity index (χ0v) is 9.43. The highest BCUT2D eigenvalue weighted by Gasteiger charge is 2.11. The van der Waals surface area contributed by atoms with Crippen LogP contribution in [0.25, 0.3) is 11.1 Å². The van der Waals surface area contributed by atoms with Crippen LogP contribution in [0.3, 0.4) is 0 Å². The lowest BCUT2D eigenvalue weighted by molar-refractivity contribution is 0.269. The van der Waals surface area contributed by atoms with Crippen LogP contribution in [-0.2, 0) is 6.54 Å². The number of aromatic nitrogens is 2. The minimum Gasteiger partial charge on any atom is -0.494 e. The predicted molar refractivity (Wildman–Crippen MR) is 61.3 cm³/mol. The molecule has 0 saturated carbocycles. The van der Waals surface area contributed by atoms with Crippen LogP contribution in [0.4, 0.5) is 4.39 Å². The molecule has 2 rings (SSSR count). The van der Waals surface area contributed by atoms with Crippen LogP contribution < -0.4 is 4.74 Å². The first-order valence-electron chi connectivity index (χ1n) is 5.22. The van der Waals surface area contributed by atoms with Crippen molar-refractivity contribution in [2.45, 2.75) is 6.54 Å². The minimum atomic E-state index is -0.404. The Bertz CT molecular complexity index is 511. The molecule has 0 unspecified atom stereocenters. The van der Waals surface area contributed by atoms with Crippen LogP contribution in [0, 0.1) is 5.82 Å². The van der Waals surface area contributed by atoms with E-state index in [9.17, 15) is 4.39 Å². The first kappa shape index (κ1) is 11.6. The highest BCUT2D eigenvalue weighted by molar-refractivity contribution is 5.64. The van der Waals surface area contributed by atoms with Gasteiger partial charge in [0.15, 0.2) is 11.6 Å². The van der Waals surface area contributed by atoms with Crippen LogP contribution in [0.5, 0.6) is 5.75 Å². The van der Waals surface area contributed by atoms with Gasteiger partial charge >= 0.3 is 0 Å². The normalized spacial score (nSPS) is 10.5. The van der Waals surface area contributed by atoms with Gasteiger partial charge in [-0.2, -0.15) is 5.10 Å². The molecule has 1 N–H and O–H groups in total. The van der Waals surface area contributed by atoms with Crippen LogP contribution in [0.2, 0.25) is 0 Å². The second kappa shape index (κ2) is 4.97. The van der Waals surface area contributed by atoms with Crippen molar-refractivity contribution in [1.29, 1.82) is 0 Å². The fourth-order valence-electron chi connectivity index (χ4n) is 1.62. The van der Waals surface area contributed by atoms with Gasteiger partial charge in [-0.25, -0.2) is 4.39 Å². The van der Waals surface area contributed by atoms with Gasteiger partial charge in [0.2, 0.25) is 0 Å². The molecule has 0 fully saturated rings. The number of hydrogen-bond acceptors (Lipinski definition) is 3. The maximum absolute atomic E-state index is 13.9. The van der Waals surface area contributed by atoms with E-state index in [2.05, 4.69) is 5.10 Å². The average molecular weight is 236 g/mol. The van der Waals surface area contributed by atoms with Crippen LogP contribution in [-0.4, -0.2) is 28.6 Å². The first-order chi connectivity index (χ1) is 8.26. The molecule has 4 nitrogen and oxygen atoms in total. The molecular weight excluding hydrogens is 223 g/mol. The molecule has 17 heavy (non-hydrogen) atoms. The molecule has 0 bridgehead atoms. The summed E-state index contributed by atoms with van der Waals surface area (Å²) in [6, 6.07) is 4.95. The predicted octanol–water partition coefficient (Wildman–Crippen LogP) is 1.69. The molecule has 1 aromatic heterocycles. The standard InChI is InChI=1S/C12H13FN2O2/c1-17-11-4-2-3-10(12(11)13)9-7-14-15(8-9)5-6-16/h2-4,7-8,16H,5-6H2,1H3. The third kappa shape index (κ3) is 2.29. The van der Waals surface area contributed by atoms with Crippen molar-refractivity contribution in [2.75, 3.05) is 13.7 Å². The van der Waals surface area contributed by atoms with E-state index in [1.807, 2.05) is 0 Å². The summed E-state index contributed by atoms with van der Waals surface area (Å²) < 4.78 is 20.4. The van der Waals surface area contributed by atoms with Crippen LogP contribution in [0.1, 0.15) is 0 Å². The second-order valence-corrected chi connectivity index (χ2v) is 3.54. The van der Waals surface area contributed by atoms with Crippen molar-refractivity contribution < 1.29 is 14.2 Å². The topological polar surface area (TPSA) is 47.3 Å². The lowest BCUT2D eigenvalue weighted by Gasteiger charge is -2.05. The van der Waals surface area contributed by atoms with E-state index in [0.717, 1.165) is 0 Å². The van der Waals surface area contributed by atoms with Crippen molar-refractivity contribution in [3.8, 4) is 16.9 Å². The number of ether oxygens (including phenoxy) is 1. The Labute approximate surface area is 98.3 Å². The van der Waals surface area contributed by atoms with Gasteiger partial charge in [0.05, 0.1) is 26.5 Å². The fraction of sp³-hybridized carbons (Fsp3) is 0.250. The smallest absolute Gasteiger partial charge is 0.172 e. The Morgan fingerprint density at radius 2 is 2.29 bits per heavy atom. The van der Waals surface area contributed by atoms with Gasteiger partial charge < -0.3 is 9.84 Å². The van der Waals surface area contributed by atoms with E-state index in [4.69, 9.17) is 9.84 Å². The number of rotatable bonds is 4. The summed E-state index contributed by atoms with van der Waals surface area (Å²) in [4.78, 5) is 0. The van der Waals surface area contributed by atoms with Crippen molar-refractivity contribution in [1.82, 2.24) is 9.78 Å². The van der Waals surface area contributed by atoms with Crippen molar-refractivity contribution in [3.05, 3.63) is 36.4 Å². The molecule has 0 aliphatic carbocycles. The molecule has 1 aromatic carbocycles. The number of hydrogen-bond donors (Lipinski definition) is 1. The summed E-state index contributed by atoms with van der Waals surface area (Å²) in [6.07, 6.45) is 3.25. The third-order valence-corrected chi connectivity index (χ3v) is 2.46. The number of aliphatic hydroxyl groups excluding tert-OH is 1. The molecule has 0 atom stereocenters. The van der Waals surface area contributed by atoms with E-state index < -0.39 is 5.82 Å². The van der Waals surface area contributed by atoms with Gasteiger partial charge in [0.1, 0.15) is 0 Å². The van der Waals surface area contributed by atoms with Gasteiger partial charge in [0.25, 0.3) is 0 Å². The quantitative estimate of drug-likeness (QED) is 0.878. The Balaban J connectivity index is 2.38. The summed E-state index contributed by atoms with van der Waals surface area (Å²) in [5, 5.41) is 12.8. The SMILES string of the molecule is COc1cccc(-c2cnn(CCO)c2)c1F. The van der Waals surface area contributed by atoms with Crippen LogP contribution in [0.15, 0.2) is 30.6 Å². The van der Waals surface area contributed by atoms with E-state index in [1.54, 1.807) is 35.3 Å². The van der Waals surface area contributed by atoms with Crippen molar-refractivity contribution >= 4 is 0 Å². The molecule has 0 saturated heterocycles. The number of methoxy groups -OCH3 is 1. The van der Waals surface area contributed by atoms with Gasteiger partial charge in [0, 0.05) is 17.3 Å². The molecule has 2 aromatic rings. The van der Waals surface area contributed by atoms with Gasteiger partial charge in [-0.05, 0) is 6.07 Å². The molecule has 0 aliphatic heterocycles. The maximum Gasteiger partial charge on any atom is 0.172 e. The zero-order chi connectivity index (χ0) is 12.3. The van der Waals surface area contributed by atoms with E-state index in [0.29, 0.717) is 17.7 Å². The number of nitrogens with zero attached hydrogens (tertiary/aromatic N) is 2. The Morgan fingerprint density at radius 3 is 3.00 bits per heavy atom. The molecular formula is C12H13FN2O2. The minimum absolute atomic E-state index is 0.00170.